The monoisotopic (exact) mass is 740 g/mol. The summed E-state index contributed by atoms with van der Waals surface area (Å²) in [6.45, 7) is 9.69. The molecule has 0 amide bonds. The van der Waals surface area contributed by atoms with Crippen molar-refractivity contribution in [2.45, 2.75) is 159 Å². The number of Topliss-reactive ketones (excluding diaryl/α,β-unsaturated/α-hetero) is 1. The second-order valence-electron chi connectivity index (χ2n) is 17.2. The van der Waals surface area contributed by atoms with Crippen molar-refractivity contribution >= 4 is 11.8 Å². The summed E-state index contributed by atoms with van der Waals surface area (Å²) < 4.78 is 43.3. The Morgan fingerprint density at radius 2 is 1.55 bits per heavy atom. The van der Waals surface area contributed by atoms with Crippen LogP contribution in [0.1, 0.15) is 103 Å². The topological polar surface area (TPSA) is 139 Å². The standard InChI is InChI=1S/C42H60O11/c1-23(43)29-16-18-42(46)30-14-13-27-19-28(15-17-40(27,4)31(30)20-34(41(29,42)5)52-39(45)26-11-9-8-10-12-26)51-35-22-33(48-7)38(25(3)50-35)53-36-21-32(47-6)37(44)24(2)49-36/h8-13,24-25,28-38,44,46H,14-22H2,1-7H3/t24-,25+,28-,29+,30+,31-,32-,33-,34+,35-,36+,37-,38+,40-,41-,42+/m0/s1. The summed E-state index contributed by atoms with van der Waals surface area (Å²) in [6, 6.07) is 8.99. The molecule has 16 atom stereocenters. The zero-order chi connectivity index (χ0) is 37.9. The number of aliphatic hydroxyl groups excluding tert-OH is 1. The molecule has 0 unspecified atom stereocenters. The molecule has 0 bridgehead atoms. The Hall–Kier alpha value is -2.22. The number of ether oxygens (including phenoxy) is 7. The fraction of sp³-hybridized carbons (Fsp3) is 0.762. The van der Waals surface area contributed by atoms with E-state index in [9.17, 15) is 19.8 Å². The third kappa shape index (κ3) is 6.75. The third-order valence-electron chi connectivity index (χ3n) is 14.6. The van der Waals surface area contributed by atoms with E-state index in [4.69, 9.17) is 33.2 Å². The summed E-state index contributed by atoms with van der Waals surface area (Å²) in [4.78, 5) is 26.6. The Labute approximate surface area is 314 Å². The maximum absolute atomic E-state index is 13.6. The molecule has 11 heteroatoms. The molecule has 2 N–H and O–H groups in total. The number of fused-ring (bicyclic) bond motifs is 5. The second-order valence-corrected chi connectivity index (χ2v) is 17.2. The van der Waals surface area contributed by atoms with Crippen molar-refractivity contribution < 1.29 is 53.0 Å². The highest BCUT2D eigenvalue weighted by Crippen LogP contribution is 2.68. The average Bonchev–Trinajstić information content (AvgIpc) is 3.43. The molecule has 0 spiro atoms. The van der Waals surface area contributed by atoms with Gasteiger partial charge in [-0.3, -0.25) is 4.79 Å². The number of allylic oxidation sites excluding steroid dienone is 1. The number of esters is 1. The quantitative estimate of drug-likeness (QED) is 0.244. The van der Waals surface area contributed by atoms with Gasteiger partial charge in [0.2, 0.25) is 0 Å². The third-order valence-corrected chi connectivity index (χ3v) is 14.6. The molecule has 7 rings (SSSR count). The Balaban J connectivity index is 1.05. The SMILES string of the molecule is CO[C@H]1C[C@@H](O[C@H]2[C@@H](OC)C[C@H](O[C@H]3CC[C@@]4(C)C(=CC[C@@H]5[C@@H]4C[C@@H](OC(=O)c4ccccc4)[C@]4(C)[C@@H](C(C)=O)CC[C@@]54O)C3)O[C@@H]2C)O[C@@H](C)[C@@H]1O. The molecule has 3 saturated carbocycles. The van der Waals surface area contributed by atoms with Gasteiger partial charge < -0.3 is 43.4 Å². The molecular formula is C42H60O11. The van der Waals surface area contributed by atoms with Crippen molar-refractivity contribution in [3.63, 3.8) is 0 Å². The summed E-state index contributed by atoms with van der Waals surface area (Å²) >= 11 is 0. The maximum atomic E-state index is 13.6. The van der Waals surface area contributed by atoms with Gasteiger partial charge in [-0.1, -0.05) is 43.7 Å². The largest absolute Gasteiger partial charge is 0.458 e. The minimum atomic E-state index is -1.14. The number of methoxy groups -OCH3 is 2. The summed E-state index contributed by atoms with van der Waals surface area (Å²) in [7, 11) is 3.26. The summed E-state index contributed by atoms with van der Waals surface area (Å²) in [5, 5.41) is 23.2. The average molecular weight is 741 g/mol. The van der Waals surface area contributed by atoms with Gasteiger partial charge in [-0.25, -0.2) is 4.79 Å². The van der Waals surface area contributed by atoms with Crippen molar-refractivity contribution in [3.8, 4) is 0 Å². The van der Waals surface area contributed by atoms with Crippen LogP contribution in [0, 0.1) is 28.6 Å². The molecule has 2 aliphatic heterocycles. The zero-order valence-corrected chi connectivity index (χ0v) is 32.4. The number of carbonyl (C=O) groups is 2. The van der Waals surface area contributed by atoms with E-state index < -0.39 is 47.9 Å². The number of rotatable bonds is 9. The van der Waals surface area contributed by atoms with Crippen molar-refractivity contribution in [2.75, 3.05) is 14.2 Å². The Morgan fingerprint density at radius 3 is 2.25 bits per heavy atom. The predicted octanol–water partition coefficient (Wildman–Crippen LogP) is 5.54. The fourth-order valence-corrected chi connectivity index (χ4v) is 11.5. The van der Waals surface area contributed by atoms with Crippen molar-refractivity contribution in [2.24, 2.45) is 28.6 Å². The van der Waals surface area contributed by atoms with Crippen LogP contribution in [0.5, 0.6) is 0 Å². The molecule has 5 fully saturated rings. The van der Waals surface area contributed by atoms with E-state index in [1.54, 1.807) is 33.3 Å². The van der Waals surface area contributed by atoms with Crippen molar-refractivity contribution in [1.29, 1.82) is 0 Å². The highest BCUT2D eigenvalue weighted by Gasteiger charge is 2.71. The predicted molar refractivity (Wildman–Crippen MR) is 194 cm³/mol. The van der Waals surface area contributed by atoms with Crippen LogP contribution in [-0.2, 0) is 38.0 Å². The molecule has 4 aliphatic carbocycles. The lowest BCUT2D eigenvalue weighted by molar-refractivity contribution is -0.319. The van der Waals surface area contributed by atoms with Gasteiger partial charge in [0, 0.05) is 38.4 Å². The molecule has 0 aromatic heterocycles. The number of carbonyl (C=O) groups excluding carboxylic acids is 2. The van der Waals surface area contributed by atoms with Gasteiger partial charge in [0.15, 0.2) is 12.6 Å². The van der Waals surface area contributed by atoms with Gasteiger partial charge in [0.1, 0.15) is 24.1 Å². The van der Waals surface area contributed by atoms with Gasteiger partial charge in [0.25, 0.3) is 0 Å². The van der Waals surface area contributed by atoms with Crippen LogP contribution in [-0.4, -0.2) is 103 Å². The Bertz CT molecular complexity index is 1520. The van der Waals surface area contributed by atoms with E-state index in [1.807, 2.05) is 39.0 Å². The van der Waals surface area contributed by atoms with Crippen LogP contribution in [0.3, 0.4) is 0 Å². The van der Waals surface area contributed by atoms with Gasteiger partial charge in [-0.05, 0) is 95.1 Å². The first-order chi connectivity index (χ1) is 25.2. The Morgan fingerprint density at radius 1 is 0.868 bits per heavy atom. The van der Waals surface area contributed by atoms with E-state index in [2.05, 4.69) is 13.0 Å². The fourth-order valence-electron chi connectivity index (χ4n) is 11.5. The van der Waals surface area contributed by atoms with E-state index in [-0.39, 0.29) is 59.5 Å². The van der Waals surface area contributed by atoms with Gasteiger partial charge >= 0.3 is 5.97 Å². The van der Waals surface area contributed by atoms with Crippen molar-refractivity contribution in [1.82, 2.24) is 0 Å². The molecule has 11 nitrogen and oxygen atoms in total. The number of hydrogen-bond acceptors (Lipinski definition) is 11. The summed E-state index contributed by atoms with van der Waals surface area (Å²) in [5.74, 6) is -0.718. The second kappa shape index (κ2) is 15.0. The van der Waals surface area contributed by atoms with Crippen molar-refractivity contribution in [3.05, 3.63) is 47.5 Å². The molecule has 6 aliphatic rings. The Kier molecular flexibility index (Phi) is 11.1. The number of hydrogen-bond donors (Lipinski definition) is 2. The first kappa shape index (κ1) is 39.0. The van der Waals surface area contributed by atoms with E-state index >= 15 is 0 Å². The lowest BCUT2D eigenvalue weighted by atomic mass is 9.45. The molecule has 2 saturated heterocycles. The van der Waals surface area contributed by atoms with Gasteiger partial charge in [-0.15, -0.1) is 0 Å². The molecule has 0 radical (unpaired) electrons. The van der Waals surface area contributed by atoms with Crippen LogP contribution in [0.4, 0.5) is 0 Å². The lowest BCUT2D eigenvalue weighted by Crippen LogP contribution is -2.66. The highest BCUT2D eigenvalue weighted by molar-refractivity contribution is 5.89. The molecule has 294 valence electrons. The zero-order valence-electron chi connectivity index (χ0n) is 32.4. The van der Waals surface area contributed by atoms with Gasteiger partial charge in [0.05, 0.1) is 41.7 Å². The normalized spacial score (nSPS) is 46.7. The molecule has 53 heavy (non-hydrogen) atoms. The number of benzene rings is 1. The first-order valence-electron chi connectivity index (χ1n) is 19.8. The molecule has 1 aromatic rings. The van der Waals surface area contributed by atoms with Crippen LogP contribution >= 0.6 is 0 Å². The van der Waals surface area contributed by atoms with Crippen LogP contribution < -0.4 is 0 Å². The van der Waals surface area contributed by atoms with Gasteiger partial charge in [-0.2, -0.15) is 0 Å². The molecular weight excluding hydrogens is 680 g/mol. The number of ketones is 1. The van der Waals surface area contributed by atoms with E-state index in [0.29, 0.717) is 44.1 Å². The number of aliphatic hydroxyl groups is 2. The summed E-state index contributed by atoms with van der Waals surface area (Å²) in [6.07, 6.45) is 3.86. The minimum Gasteiger partial charge on any atom is -0.458 e. The van der Waals surface area contributed by atoms with E-state index in [1.165, 1.54) is 5.57 Å². The van der Waals surface area contributed by atoms with Crippen LogP contribution in [0.15, 0.2) is 42.0 Å². The minimum absolute atomic E-state index is 0.0443. The smallest absolute Gasteiger partial charge is 0.338 e. The highest BCUT2D eigenvalue weighted by atomic mass is 16.7. The van der Waals surface area contributed by atoms with E-state index in [0.717, 1.165) is 19.3 Å². The molecule has 2 heterocycles. The van der Waals surface area contributed by atoms with Crippen LogP contribution in [0.25, 0.3) is 0 Å². The molecule has 1 aromatic carbocycles. The lowest BCUT2D eigenvalue weighted by Gasteiger charge is -2.63. The maximum Gasteiger partial charge on any atom is 0.338 e. The first-order valence-corrected chi connectivity index (χ1v) is 19.8. The van der Waals surface area contributed by atoms with Crippen LogP contribution in [0.2, 0.25) is 0 Å². The summed E-state index contributed by atoms with van der Waals surface area (Å²) in [5.41, 5.74) is -0.447.